The molecular formula is C18H20N2O3S. The molecule has 1 aromatic heterocycles. The first kappa shape index (κ1) is 15.4. The third kappa shape index (κ3) is 3.11. The Hall–Kier alpha value is -2.08. The van der Waals surface area contributed by atoms with Crippen LogP contribution in [0.25, 0.3) is 0 Å². The molecule has 2 aliphatic rings. The highest BCUT2D eigenvalue weighted by Crippen LogP contribution is 2.33. The summed E-state index contributed by atoms with van der Waals surface area (Å²) in [7, 11) is 0. The normalized spacial score (nSPS) is 16.5. The molecule has 0 unspecified atom stereocenters. The van der Waals surface area contributed by atoms with Crippen LogP contribution < -0.4 is 14.8 Å². The summed E-state index contributed by atoms with van der Waals surface area (Å²) in [4.78, 5) is 18.5. The van der Waals surface area contributed by atoms with Crippen LogP contribution in [0.3, 0.4) is 0 Å². The van der Waals surface area contributed by atoms with Gasteiger partial charge in [-0.25, -0.2) is 4.98 Å². The van der Waals surface area contributed by atoms with Gasteiger partial charge in [0.1, 0.15) is 5.01 Å². The lowest BCUT2D eigenvalue weighted by Crippen LogP contribution is -2.28. The highest BCUT2D eigenvalue weighted by molar-refractivity contribution is 7.11. The Morgan fingerprint density at radius 3 is 3.00 bits per heavy atom. The quantitative estimate of drug-likeness (QED) is 0.925. The van der Waals surface area contributed by atoms with Gasteiger partial charge in [0.05, 0.1) is 18.2 Å². The van der Waals surface area contributed by atoms with E-state index < -0.39 is 0 Å². The summed E-state index contributed by atoms with van der Waals surface area (Å²) in [5.41, 5.74) is 2.15. The van der Waals surface area contributed by atoms with Gasteiger partial charge in [-0.15, -0.1) is 11.3 Å². The maximum absolute atomic E-state index is 12.3. The number of nitrogens with one attached hydrogen (secondary N) is 1. The monoisotopic (exact) mass is 344 g/mol. The van der Waals surface area contributed by atoms with Crippen molar-refractivity contribution >= 4 is 17.2 Å². The molecule has 0 fully saturated rings. The molecule has 5 nitrogen and oxygen atoms in total. The number of carbonyl (C=O) groups excluding carboxylic acids is 1. The number of fused-ring (bicyclic) bond motifs is 2. The van der Waals surface area contributed by atoms with Gasteiger partial charge in [-0.05, 0) is 50.3 Å². The van der Waals surface area contributed by atoms with Crippen molar-refractivity contribution in [2.75, 3.05) is 6.79 Å². The number of aromatic nitrogens is 1. The maximum atomic E-state index is 12.3. The Kier molecular flexibility index (Phi) is 4.14. The first-order valence-electron chi connectivity index (χ1n) is 8.35. The molecule has 0 radical (unpaired) electrons. The molecule has 6 heteroatoms. The third-order valence-electron chi connectivity index (χ3n) is 4.41. The highest BCUT2D eigenvalue weighted by atomic mass is 32.1. The van der Waals surface area contributed by atoms with Gasteiger partial charge in [-0.1, -0.05) is 6.07 Å². The molecule has 1 amide bonds. The lowest BCUT2D eigenvalue weighted by Gasteiger charge is -2.11. The van der Waals surface area contributed by atoms with Gasteiger partial charge >= 0.3 is 0 Å². The van der Waals surface area contributed by atoms with Crippen LogP contribution in [0.5, 0.6) is 11.5 Å². The molecule has 0 saturated carbocycles. The molecule has 24 heavy (non-hydrogen) atoms. The number of rotatable bonds is 4. The molecule has 1 N–H and O–H groups in total. The van der Waals surface area contributed by atoms with Crippen molar-refractivity contribution in [3.63, 3.8) is 0 Å². The minimum Gasteiger partial charge on any atom is -0.454 e. The Labute approximate surface area is 145 Å². The smallest absolute Gasteiger partial charge is 0.231 e. The summed E-state index contributed by atoms with van der Waals surface area (Å²) in [6.45, 7) is 2.25. The fourth-order valence-electron chi connectivity index (χ4n) is 3.15. The molecular weight excluding hydrogens is 324 g/mol. The van der Waals surface area contributed by atoms with E-state index in [9.17, 15) is 4.79 Å². The number of hydrogen-bond donors (Lipinski definition) is 1. The van der Waals surface area contributed by atoms with Crippen LogP contribution in [0.1, 0.15) is 46.9 Å². The Morgan fingerprint density at radius 2 is 2.12 bits per heavy atom. The van der Waals surface area contributed by atoms with Gasteiger partial charge < -0.3 is 14.8 Å². The van der Waals surface area contributed by atoms with Crippen molar-refractivity contribution in [1.82, 2.24) is 10.3 Å². The molecule has 2 aromatic rings. The number of benzene rings is 1. The SMILES string of the molecule is C[C@@H](NC(=O)Cc1ccc2c(c1)OCO2)c1nc2c(s1)CCCC2. The molecule has 0 saturated heterocycles. The van der Waals surface area contributed by atoms with Gasteiger partial charge in [-0.3, -0.25) is 4.79 Å². The zero-order chi connectivity index (χ0) is 16.5. The fraction of sp³-hybridized carbons (Fsp3) is 0.444. The van der Waals surface area contributed by atoms with Crippen LogP contribution in [0.2, 0.25) is 0 Å². The molecule has 1 aliphatic heterocycles. The minimum atomic E-state index is -0.0536. The Balaban J connectivity index is 1.39. The van der Waals surface area contributed by atoms with E-state index in [-0.39, 0.29) is 18.7 Å². The number of aryl methyl sites for hydroxylation is 2. The van der Waals surface area contributed by atoms with Crippen LogP contribution >= 0.6 is 11.3 Å². The summed E-state index contributed by atoms with van der Waals surface area (Å²) in [5, 5.41) is 4.07. The summed E-state index contributed by atoms with van der Waals surface area (Å²) in [6.07, 6.45) is 5.00. The van der Waals surface area contributed by atoms with Crippen molar-refractivity contribution in [3.05, 3.63) is 39.3 Å². The number of carbonyl (C=O) groups is 1. The summed E-state index contributed by atoms with van der Waals surface area (Å²) < 4.78 is 10.6. The van der Waals surface area contributed by atoms with Gasteiger partial charge in [0.25, 0.3) is 0 Å². The fourth-order valence-corrected chi connectivity index (χ4v) is 4.30. The van der Waals surface area contributed by atoms with Crippen LogP contribution in [0.4, 0.5) is 0 Å². The minimum absolute atomic E-state index is 0.00506. The largest absolute Gasteiger partial charge is 0.454 e. The van der Waals surface area contributed by atoms with Crippen molar-refractivity contribution in [1.29, 1.82) is 0 Å². The Bertz CT molecular complexity index is 748. The van der Waals surface area contributed by atoms with Crippen molar-refractivity contribution < 1.29 is 14.3 Å². The predicted molar refractivity (Wildman–Crippen MR) is 91.6 cm³/mol. The number of hydrogen-bond acceptors (Lipinski definition) is 5. The van der Waals surface area contributed by atoms with E-state index in [4.69, 9.17) is 14.5 Å². The van der Waals surface area contributed by atoms with Crippen LogP contribution in [-0.2, 0) is 24.1 Å². The van der Waals surface area contributed by atoms with Crippen molar-refractivity contribution in [2.24, 2.45) is 0 Å². The van der Waals surface area contributed by atoms with E-state index in [0.29, 0.717) is 12.2 Å². The second kappa shape index (κ2) is 6.43. The van der Waals surface area contributed by atoms with Gasteiger partial charge in [0.15, 0.2) is 11.5 Å². The number of nitrogens with zero attached hydrogens (tertiary/aromatic N) is 1. The molecule has 2 heterocycles. The first-order chi connectivity index (χ1) is 11.7. The second-order valence-corrected chi connectivity index (χ2v) is 7.40. The zero-order valence-electron chi connectivity index (χ0n) is 13.6. The number of amides is 1. The topological polar surface area (TPSA) is 60.5 Å². The second-order valence-electron chi connectivity index (χ2n) is 6.28. The van der Waals surface area contributed by atoms with E-state index in [1.54, 1.807) is 11.3 Å². The highest BCUT2D eigenvalue weighted by Gasteiger charge is 2.20. The molecule has 0 bridgehead atoms. The average Bonchev–Trinajstić information content (AvgIpc) is 3.20. The number of thiazole rings is 1. The zero-order valence-corrected chi connectivity index (χ0v) is 14.4. The van der Waals surface area contributed by atoms with Gasteiger partial charge in [0.2, 0.25) is 12.7 Å². The van der Waals surface area contributed by atoms with Crippen LogP contribution in [0.15, 0.2) is 18.2 Å². The molecule has 1 atom stereocenters. The van der Waals surface area contributed by atoms with Crippen LogP contribution in [0, 0.1) is 0 Å². The lowest BCUT2D eigenvalue weighted by molar-refractivity contribution is -0.121. The molecule has 1 aromatic carbocycles. The summed E-state index contributed by atoms with van der Waals surface area (Å²) >= 11 is 1.75. The van der Waals surface area contributed by atoms with Gasteiger partial charge in [0, 0.05) is 4.88 Å². The average molecular weight is 344 g/mol. The van der Waals surface area contributed by atoms with E-state index >= 15 is 0 Å². The van der Waals surface area contributed by atoms with Crippen LogP contribution in [-0.4, -0.2) is 17.7 Å². The first-order valence-corrected chi connectivity index (χ1v) is 9.17. The van der Waals surface area contributed by atoms with E-state index in [0.717, 1.165) is 29.2 Å². The van der Waals surface area contributed by atoms with E-state index in [2.05, 4.69) is 5.32 Å². The van der Waals surface area contributed by atoms with E-state index in [1.165, 1.54) is 23.4 Å². The molecule has 1 aliphatic carbocycles. The van der Waals surface area contributed by atoms with E-state index in [1.807, 2.05) is 25.1 Å². The molecule has 126 valence electrons. The summed E-state index contributed by atoms with van der Waals surface area (Å²) in [6, 6.07) is 5.57. The Morgan fingerprint density at radius 1 is 1.29 bits per heavy atom. The number of ether oxygens (including phenoxy) is 2. The third-order valence-corrected chi connectivity index (χ3v) is 5.75. The lowest BCUT2D eigenvalue weighted by atomic mass is 10.0. The van der Waals surface area contributed by atoms with Crippen molar-refractivity contribution in [2.45, 2.75) is 45.1 Å². The van der Waals surface area contributed by atoms with Gasteiger partial charge in [-0.2, -0.15) is 0 Å². The predicted octanol–water partition coefficient (Wildman–Crippen LogP) is 3.17. The summed E-state index contributed by atoms with van der Waals surface area (Å²) in [5.74, 6) is 1.44. The maximum Gasteiger partial charge on any atom is 0.231 e. The standard InChI is InChI=1S/C18H20N2O3S/c1-11(18-20-13-4-2-3-5-16(13)24-18)19-17(21)9-12-6-7-14-15(8-12)23-10-22-14/h6-8,11H,2-5,9-10H2,1H3,(H,19,21)/t11-/m1/s1. The van der Waals surface area contributed by atoms with Crippen molar-refractivity contribution in [3.8, 4) is 11.5 Å². The molecule has 4 rings (SSSR count). The molecule has 0 spiro atoms.